The van der Waals surface area contributed by atoms with E-state index in [9.17, 15) is 28.8 Å². The van der Waals surface area contributed by atoms with Crippen LogP contribution >= 0.6 is 11.6 Å². The van der Waals surface area contributed by atoms with Crippen molar-refractivity contribution < 1.29 is 38.2 Å². The molecule has 6 amide bonds. The van der Waals surface area contributed by atoms with Gasteiger partial charge < -0.3 is 79.7 Å². The third-order valence-electron chi connectivity index (χ3n) is 26.6. The SMILES string of the molecule is CC1CCC(Oc2ccnc(-c3ccnc(Nc4ccc5[nH]c(C(=O)N6CCOCC6)cc5c4)n3)c2)C1.CCCc1ccnc(-c2ccnc(Nc3ccc4cc(C(=O)N(C)C)n(C)c4c3)n2)c1.Cc1cc(Nc2nccc(-c3ccccn3)n2)cc2cc(C(=O)N3CCC(N4CCCC4=O)CC3)[nH]c12.O=C(c1cc2cc(Nc3nccc(-c4ccccn4)n3)cc(Cl)c2[nH]1)N1CCC(N2CCCC2=O)CC1. The van der Waals surface area contributed by atoms with Crippen LogP contribution in [0.5, 0.6) is 5.75 Å². The topological polar surface area (TPSA) is 395 Å². The van der Waals surface area contributed by atoms with Crippen LogP contribution in [0.4, 0.5) is 46.5 Å². The fourth-order valence-electron chi connectivity index (χ4n) is 19.2. The Balaban J connectivity index is 0.000000121. The molecule has 2 atom stereocenters. The molecule has 7 N–H and O–H groups in total. The van der Waals surface area contributed by atoms with E-state index in [-0.39, 0.29) is 53.6 Å². The molecule has 17 heterocycles. The quantitative estimate of drug-likeness (QED) is 0.0331. The number of nitrogens with zero attached hydrogens (tertiary/aromatic N) is 19. The third-order valence-corrected chi connectivity index (χ3v) is 26.9. The highest BCUT2D eigenvalue weighted by molar-refractivity contribution is 6.35. The van der Waals surface area contributed by atoms with E-state index >= 15 is 0 Å². The lowest BCUT2D eigenvalue weighted by Gasteiger charge is -2.36. The number of anilines is 8. The Morgan fingerprint density at radius 1 is 0.458 bits per heavy atom. The van der Waals surface area contributed by atoms with E-state index in [0.29, 0.717) is 145 Å². The molecule has 1 saturated carbocycles. The molecule has 142 heavy (non-hydrogen) atoms. The van der Waals surface area contributed by atoms with E-state index in [4.69, 9.17) is 21.1 Å². The number of rotatable bonds is 22. The number of aromatic amines is 3. The molecule has 22 rings (SSSR count). The fourth-order valence-corrected chi connectivity index (χ4v) is 19.5. The number of pyridine rings is 4. The van der Waals surface area contributed by atoms with Gasteiger partial charge in [0.25, 0.3) is 23.6 Å². The molecule has 34 nitrogen and oxygen atoms in total. The maximum atomic E-state index is 13.3. The van der Waals surface area contributed by atoms with Crippen LogP contribution in [-0.4, -0.2) is 242 Å². The van der Waals surface area contributed by atoms with E-state index in [0.717, 1.165) is 178 Å². The van der Waals surface area contributed by atoms with Crippen molar-refractivity contribution in [3.05, 3.63) is 258 Å². The molecule has 12 aromatic heterocycles. The molecule has 35 heteroatoms. The van der Waals surface area contributed by atoms with Crippen LogP contribution in [0.25, 0.3) is 89.2 Å². The molecule has 4 aromatic carbocycles. The lowest BCUT2D eigenvalue weighted by atomic mass is 10.0. The highest BCUT2D eigenvalue weighted by atomic mass is 35.5. The number of aryl methyl sites for hydroxylation is 3. The zero-order valence-corrected chi connectivity index (χ0v) is 80.8. The van der Waals surface area contributed by atoms with Gasteiger partial charge in [0, 0.05) is 209 Å². The molecule has 0 radical (unpaired) electrons. The van der Waals surface area contributed by atoms with Crippen molar-refractivity contribution in [1.29, 1.82) is 0 Å². The number of carbonyl (C=O) groups excluding carboxylic acids is 6. The van der Waals surface area contributed by atoms with Gasteiger partial charge in [0.05, 0.1) is 80.9 Å². The minimum absolute atomic E-state index is 0.00250. The fraction of sp³-hybridized carbons (Fsp3) is 0.308. The summed E-state index contributed by atoms with van der Waals surface area (Å²) in [5.41, 5.74) is 17.3. The van der Waals surface area contributed by atoms with Crippen molar-refractivity contribution in [3.8, 4) is 51.3 Å². The van der Waals surface area contributed by atoms with Gasteiger partial charge in [-0.25, -0.2) is 39.9 Å². The molecule has 6 fully saturated rings. The number of nitrogens with one attached hydrogen (secondary N) is 7. The molecule has 2 unspecified atom stereocenters. The average Bonchev–Trinajstić information content (AvgIpc) is 1.63. The van der Waals surface area contributed by atoms with E-state index in [1.807, 2.05) is 201 Å². The molecule has 0 bridgehead atoms. The molecule has 5 aliphatic heterocycles. The van der Waals surface area contributed by atoms with E-state index < -0.39 is 0 Å². The Hall–Kier alpha value is -16.0. The first-order chi connectivity index (χ1) is 69.2. The summed E-state index contributed by atoms with van der Waals surface area (Å²) in [6, 6.07) is 54.2. The number of piperidine rings is 2. The number of likely N-dealkylation sites (tertiary alicyclic amines) is 4. The summed E-state index contributed by atoms with van der Waals surface area (Å²) in [6.45, 7) is 13.1. The van der Waals surface area contributed by atoms with Crippen molar-refractivity contribution in [3.63, 3.8) is 0 Å². The summed E-state index contributed by atoms with van der Waals surface area (Å²) in [5.74, 6) is 3.81. The van der Waals surface area contributed by atoms with Crippen molar-refractivity contribution in [2.45, 2.75) is 122 Å². The van der Waals surface area contributed by atoms with E-state index in [1.54, 1.807) is 74.5 Å². The first kappa shape index (κ1) is 95.0. The van der Waals surface area contributed by atoms with Crippen molar-refractivity contribution >= 4 is 137 Å². The standard InChI is InChI=1S/C28H29N7O2.C28H30N6O3.C27H26ClN7O2.C24H26N6O/c1-18-15-20(31-28-30-11-7-23(33-28)22-5-2-3-10-29-22)16-19-17-24(32-26(18)19)27(37)34-13-8-21(9-14-34)35-12-4-6-25(35)36;1-18-2-4-21(14-18)37-22-6-8-29-25(17-22)24-7-9-30-28(33-24)31-20-3-5-23-19(15-20)16-26(32-23)27(35)34-10-12-36-13-11-34;28-20-16-18(31-27-30-10-6-22(33-27)21-4-1-2-9-29-21)14-17-15-23(32-25(17)20)26(37)34-12-7-19(8-13-34)35-11-3-5-24(35)36;1-5-6-16-9-11-25-20(13-16)19-10-12-26-24(28-19)27-18-8-7-17-14-22(23(31)29(2)3)30(4)21(17)15-18/h2-3,5,7,10-11,15-17,21,32H,4,6,8-9,12-14H2,1H3,(H,30,31,33);3,5-9,15-18,21,32H,2,4,10-14H2,1H3,(H,30,31,33);1-2,4,6,9-10,14-16,19,32H,3,5,7-8,11-13H2,(H,30,31,33);7-15H,5-6H2,1-4H3,(H,26,27,28). The Morgan fingerprint density at radius 3 is 1.46 bits per heavy atom. The van der Waals surface area contributed by atoms with Gasteiger partial charge in [0.2, 0.25) is 35.6 Å². The maximum absolute atomic E-state index is 13.3. The van der Waals surface area contributed by atoms with Gasteiger partial charge in [-0.05, 0) is 234 Å². The number of hydrogen-bond acceptors (Lipinski definition) is 24. The summed E-state index contributed by atoms with van der Waals surface area (Å²) in [5, 5.41) is 17.3. The molecule has 0 spiro atoms. The zero-order chi connectivity index (χ0) is 97.9. The van der Waals surface area contributed by atoms with E-state index in [2.05, 4.69) is 116 Å². The van der Waals surface area contributed by atoms with Crippen LogP contribution in [0.2, 0.25) is 5.02 Å². The number of halogens is 1. The zero-order valence-electron chi connectivity index (χ0n) is 80.0. The molecule has 16 aromatic rings. The van der Waals surface area contributed by atoms with Crippen LogP contribution < -0.4 is 26.0 Å². The minimum Gasteiger partial charge on any atom is -0.490 e. The number of ether oxygens (including phenoxy) is 2. The normalized spacial score (nSPS) is 16.1. The number of morpholine rings is 1. The van der Waals surface area contributed by atoms with Crippen LogP contribution in [-0.2, 0) is 27.8 Å². The molecular formula is C107H111ClN26O8. The van der Waals surface area contributed by atoms with Gasteiger partial charge in [-0.2, -0.15) is 0 Å². The summed E-state index contributed by atoms with van der Waals surface area (Å²) in [6.07, 6.45) is 26.1. The molecular weight excluding hydrogens is 1810 g/mol. The Bertz CT molecular complexity index is 7070. The average molecular weight is 1920 g/mol. The van der Waals surface area contributed by atoms with Crippen LogP contribution in [0.15, 0.2) is 219 Å². The van der Waals surface area contributed by atoms with Gasteiger partial charge in [0.1, 0.15) is 28.5 Å². The molecule has 5 saturated heterocycles. The van der Waals surface area contributed by atoms with Crippen molar-refractivity contribution in [1.82, 2.24) is 109 Å². The predicted octanol–water partition coefficient (Wildman–Crippen LogP) is 18.2. The van der Waals surface area contributed by atoms with Gasteiger partial charge in [-0.1, -0.05) is 50.1 Å². The largest absolute Gasteiger partial charge is 0.490 e. The number of fused-ring (bicyclic) bond motifs is 4. The second-order valence-corrected chi connectivity index (χ2v) is 37.2. The summed E-state index contributed by atoms with van der Waals surface area (Å²) < 4.78 is 13.5. The predicted molar refractivity (Wildman–Crippen MR) is 548 cm³/mol. The van der Waals surface area contributed by atoms with Gasteiger partial charge in [-0.15, -0.1) is 0 Å². The highest BCUT2D eigenvalue weighted by Crippen LogP contribution is 2.37. The number of carbonyl (C=O) groups is 6. The van der Waals surface area contributed by atoms with Crippen molar-refractivity contribution in [2.75, 3.05) is 101 Å². The Labute approximate surface area is 825 Å². The summed E-state index contributed by atoms with van der Waals surface area (Å²) in [7, 11) is 5.41. The lowest BCUT2D eigenvalue weighted by molar-refractivity contribution is -0.131. The Morgan fingerprint density at radius 2 is 0.937 bits per heavy atom. The first-order valence-corrected chi connectivity index (χ1v) is 48.8. The minimum atomic E-state index is -0.0561. The first-order valence-electron chi connectivity index (χ1n) is 48.4. The maximum Gasteiger partial charge on any atom is 0.270 e. The lowest BCUT2D eigenvalue weighted by Crippen LogP contribution is -2.47. The van der Waals surface area contributed by atoms with Crippen LogP contribution in [0.3, 0.4) is 0 Å². The third kappa shape index (κ3) is 22.3. The van der Waals surface area contributed by atoms with Crippen LogP contribution in [0.1, 0.15) is 144 Å². The number of aromatic nitrogens is 16. The Kier molecular flexibility index (Phi) is 28.9. The van der Waals surface area contributed by atoms with Gasteiger partial charge in [0.15, 0.2) is 0 Å². The molecule has 1 aliphatic carbocycles. The van der Waals surface area contributed by atoms with Gasteiger partial charge in [-0.3, -0.25) is 48.7 Å². The smallest absolute Gasteiger partial charge is 0.270 e. The summed E-state index contributed by atoms with van der Waals surface area (Å²) >= 11 is 6.58. The second-order valence-electron chi connectivity index (χ2n) is 36.8. The number of hydrogen-bond donors (Lipinski definition) is 7. The van der Waals surface area contributed by atoms with Crippen molar-refractivity contribution in [2.24, 2.45) is 13.0 Å². The molecule has 6 aliphatic rings. The summed E-state index contributed by atoms with van der Waals surface area (Å²) in [4.78, 5) is 150. The number of amides is 6. The van der Waals surface area contributed by atoms with E-state index in [1.165, 1.54) is 12.0 Å². The number of H-pyrrole nitrogens is 3. The highest BCUT2D eigenvalue weighted by Gasteiger charge is 2.36. The number of benzene rings is 4. The second kappa shape index (κ2) is 43.2. The monoisotopic (exact) mass is 1920 g/mol. The van der Waals surface area contributed by atoms with Gasteiger partial charge >= 0.3 is 0 Å². The molecule has 724 valence electrons. The van der Waals surface area contributed by atoms with Crippen LogP contribution in [0, 0.1) is 12.8 Å².